The van der Waals surface area contributed by atoms with Crippen LogP contribution in [0.3, 0.4) is 0 Å². The van der Waals surface area contributed by atoms with Gasteiger partial charge in [-0.15, -0.1) is 23.7 Å². The zero-order valence-corrected chi connectivity index (χ0v) is 16.9. The Morgan fingerprint density at radius 1 is 1.26 bits per heavy atom. The molecule has 1 aliphatic rings. The summed E-state index contributed by atoms with van der Waals surface area (Å²) >= 11 is 1.25. The van der Waals surface area contributed by atoms with Crippen molar-refractivity contribution < 1.29 is 14.0 Å². The van der Waals surface area contributed by atoms with Crippen molar-refractivity contribution in [2.24, 2.45) is 0 Å². The largest absolute Gasteiger partial charge is 0.338 e. The van der Waals surface area contributed by atoms with E-state index >= 15 is 0 Å². The second kappa shape index (κ2) is 9.30. The minimum Gasteiger partial charge on any atom is -0.338 e. The van der Waals surface area contributed by atoms with Gasteiger partial charge in [0.1, 0.15) is 5.82 Å². The van der Waals surface area contributed by atoms with Gasteiger partial charge >= 0.3 is 0 Å². The first-order valence-corrected chi connectivity index (χ1v) is 9.42. The molecule has 1 saturated heterocycles. The van der Waals surface area contributed by atoms with Crippen molar-refractivity contribution in [2.45, 2.75) is 25.8 Å². The summed E-state index contributed by atoms with van der Waals surface area (Å²) in [6, 6.07) is 7.54. The molecule has 1 aliphatic heterocycles. The second-order valence-electron chi connectivity index (χ2n) is 6.48. The van der Waals surface area contributed by atoms with Crippen molar-refractivity contribution in [3.05, 3.63) is 52.2 Å². The lowest BCUT2D eigenvalue weighted by Gasteiger charge is -2.31. The fraction of sp³-hybridized carbons (Fsp3) is 0.368. The maximum Gasteiger partial charge on any atom is 0.264 e. The number of hydrogen-bond acceptors (Lipinski definition) is 4. The summed E-state index contributed by atoms with van der Waals surface area (Å²) in [5, 5.41) is 6.63. The van der Waals surface area contributed by atoms with Crippen molar-refractivity contribution >= 4 is 40.6 Å². The standard InChI is InChI=1S/C19H22FN3O2S.ClH/c1-12-10-16(22-18(24)13-4-3-5-14(20)11-13)26-17(12)19(25)23(2)15-6-8-21-9-7-15;/h3-5,10-11,15,21H,6-9H2,1-2H3,(H,22,24);1H. The highest BCUT2D eigenvalue weighted by Gasteiger charge is 2.25. The summed E-state index contributed by atoms with van der Waals surface area (Å²) in [6.45, 7) is 3.69. The Morgan fingerprint density at radius 2 is 1.96 bits per heavy atom. The first kappa shape index (κ1) is 21.3. The van der Waals surface area contributed by atoms with Crippen LogP contribution in [0.2, 0.25) is 0 Å². The molecule has 0 bridgehead atoms. The summed E-state index contributed by atoms with van der Waals surface area (Å²) in [5.41, 5.74) is 1.08. The van der Waals surface area contributed by atoms with E-state index in [1.165, 1.54) is 29.5 Å². The van der Waals surface area contributed by atoms with E-state index in [2.05, 4.69) is 10.6 Å². The molecule has 27 heavy (non-hydrogen) atoms. The number of carbonyl (C=O) groups is 2. The van der Waals surface area contributed by atoms with Gasteiger partial charge in [0.25, 0.3) is 11.8 Å². The van der Waals surface area contributed by atoms with Crippen molar-refractivity contribution in [1.29, 1.82) is 0 Å². The van der Waals surface area contributed by atoms with Crippen LogP contribution in [0.15, 0.2) is 30.3 Å². The number of amides is 2. The summed E-state index contributed by atoms with van der Waals surface area (Å²) in [5.74, 6) is -0.874. The Morgan fingerprint density at radius 3 is 2.63 bits per heavy atom. The highest BCUT2D eigenvalue weighted by Crippen LogP contribution is 2.29. The number of thiophene rings is 1. The number of rotatable bonds is 4. The molecule has 5 nitrogen and oxygen atoms in total. The molecule has 0 unspecified atom stereocenters. The summed E-state index contributed by atoms with van der Waals surface area (Å²) in [4.78, 5) is 27.5. The monoisotopic (exact) mass is 411 g/mol. The number of halogens is 2. The van der Waals surface area contributed by atoms with Gasteiger partial charge in [-0.1, -0.05) is 6.07 Å². The fourth-order valence-electron chi connectivity index (χ4n) is 3.09. The van der Waals surface area contributed by atoms with E-state index in [0.717, 1.165) is 31.5 Å². The molecule has 2 amide bonds. The summed E-state index contributed by atoms with van der Waals surface area (Å²) in [6.07, 6.45) is 1.88. The van der Waals surface area contributed by atoms with Crippen LogP contribution in [0.1, 0.15) is 38.4 Å². The maximum atomic E-state index is 13.3. The van der Waals surface area contributed by atoms with Gasteiger partial charge in [0.05, 0.1) is 9.88 Å². The number of benzene rings is 1. The Bertz CT molecular complexity index is 821. The number of aryl methyl sites for hydroxylation is 1. The van der Waals surface area contributed by atoms with E-state index in [-0.39, 0.29) is 29.9 Å². The minimum atomic E-state index is -0.459. The van der Waals surface area contributed by atoms with Gasteiger partial charge in [0.15, 0.2) is 0 Å². The Labute approximate surface area is 168 Å². The fourth-order valence-corrected chi connectivity index (χ4v) is 4.14. The number of carbonyl (C=O) groups excluding carboxylic acids is 2. The summed E-state index contributed by atoms with van der Waals surface area (Å²) < 4.78 is 13.3. The zero-order valence-electron chi connectivity index (χ0n) is 15.3. The Balaban J connectivity index is 0.00000261. The summed E-state index contributed by atoms with van der Waals surface area (Å²) in [7, 11) is 1.84. The molecular weight excluding hydrogens is 389 g/mol. The molecule has 0 saturated carbocycles. The van der Waals surface area contributed by atoms with Crippen molar-refractivity contribution in [3.63, 3.8) is 0 Å². The molecule has 146 valence electrons. The number of nitrogens with zero attached hydrogens (tertiary/aromatic N) is 1. The zero-order chi connectivity index (χ0) is 18.7. The molecule has 2 aromatic rings. The quantitative estimate of drug-likeness (QED) is 0.806. The van der Waals surface area contributed by atoms with Crippen LogP contribution in [0.4, 0.5) is 9.39 Å². The Hall–Kier alpha value is -1.96. The van der Waals surface area contributed by atoms with Gasteiger partial charge in [-0.25, -0.2) is 4.39 Å². The van der Waals surface area contributed by atoms with Crippen LogP contribution in [0, 0.1) is 12.7 Å². The smallest absolute Gasteiger partial charge is 0.264 e. The number of anilines is 1. The minimum absolute atomic E-state index is 0. The van der Waals surface area contributed by atoms with E-state index in [4.69, 9.17) is 0 Å². The third-order valence-electron chi connectivity index (χ3n) is 4.61. The molecule has 8 heteroatoms. The third-order valence-corrected chi connectivity index (χ3v) is 5.75. The van der Waals surface area contributed by atoms with Gasteiger partial charge in [0, 0.05) is 18.7 Å². The van der Waals surface area contributed by atoms with Gasteiger partial charge in [0.2, 0.25) is 0 Å². The first-order chi connectivity index (χ1) is 12.5. The number of piperidine rings is 1. The molecule has 0 radical (unpaired) electrons. The highest BCUT2D eigenvalue weighted by molar-refractivity contribution is 7.18. The molecule has 1 aromatic carbocycles. The van der Waals surface area contributed by atoms with E-state index in [1.54, 1.807) is 17.0 Å². The molecule has 1 aromatic heterocycles. The van der Waals surface area contributed by atoms with Crippen LogP contribution < -0.4 is 10.6 Å². The maximum absolute atomic E-state index is 13.3. The number of hydrogen-bond donors (Lipinski definition) is 2. The third kappa shape index (κ3) is 5.06. The highest BCUT2D eigenvalue weighted by atomic mass is 35.5. The predicted octanol–water partition coefficient (Wildman–Crippen LogP) is 3.69. The van der Waals surface area contributed by atoms with Crippen LogP contribution >= 0.6 is 23.7 Å². The van der Waals surface area contributed by atoms with E-state index < -0.39 is 11.7 Å². The average Bonchev–Trinajstić information content (AvgIpc) is 3.01. The lowest BCUT2D eigenvalue weighted by atomic mass is 10.1. The topological polar surface area (TPSA) is 61.4 Å². The number of nitrogens with one attached hydrogen (secondary N) is 2. The van der Waals surface area contributed by atoms with Gasteiger partial charge in [-0.3, -0.25) is 9.59 Å². The van der Waals surface area contributed by atoms with Crippen molar-refractivity contribution in [3.8, 4) is 0 Å². The molecule has 0 atom stereocenters. The molecule has 0 spiro atoms. The van der Waals surface area contributed by atoms with Crippen molar-refractivity contribution in [1.82, 2.24) is 10.2 Å². The molecule has 2 heterocycles. The van der Waals surface area contributed by atoms with E-state index in [9.17, 15) is 14.0 Å². The first-order valence-electron chi connectivity index (χ1n) is 8.61. The van der Waals surface area contributed by atoms with Gasteiger partial charge < -0.3 is 15.5 Å². The van der Waals surface area contributed by atoms with Gasteiger partial charge in [-0.2, -0.15) is 0 Å². The van der Waals surface area contributed by atoms with Crippen LogP contribution in [0.5, 0.6) is 0 Å². The molecule has 2 N–H and O–H groups in total. The predicted molar refractivity (Wildman–Crippen MR) is 109 cm³/mol. The Kier molecular flexibility index (Phi) is 7.35. The second-order valence-corrected chi connectivity index (χ2v) is 7.54. The van der Waals surface area contributed by atoms with E-state index in [1.807, 2.05) is 14.0 Å². The molecule has 3 rings (SSSR count). The van der Waals surface area contributed by atoms with Gasteiger partial charge in [-0.05, 0) is 62.7 Å². The van der Waals surface area contributed by atoms with Crippen LogP contribution in [-0.2, 0) is 0 Å². The lowest BCUT2D eigenvalue weighted by Crippen LogP contribution is -2.43. The van der Waals surface area contributed by atoms with E-state index in [0.29, 0.717) is 9.88 Å². The lowest BCUT2D eigenvalue weighted by molar-refractivity contribution is 0.0707. The van der Waals surface area contributed by atoms with Crippen LogP contribution in [0.25, 0.3) is 0 Å². The van der Waals surface area contributed by atoms with Crippen LogP contribution in [-0.4, -0.2) is 42.9 Å². The molecule has 1 fully saturated rings. The molecular formula is C19H23ClFN3O2S. The van der Waals surface area contributed by atoms with Crippen molar-refractivity contribution in [2.75, 3.05) is 25.5 Å². The SMILES string of the molecule is Cc1cc(NC(=O)c2cccc(F)c2)sc1C(=O)N(C)C1CCNCC1.Cl. The molecule has 0 aliphatic carbocycles. The normalized spacial score (nSPS) is 14.3. The average molecular weight is 412 g/mol.